The van der Waals surface area contributed by atoms with E-state index in [1.54, 1.807) is 18.2 Å². The van der Waals surface area contributed by atoms with Crippen molar-refractivity contribution in [3.8, 4) is 11.8 Å². The molecule has 0 unspecified atom stereocenters. The summed E-state index contributed by atoms with van der Waals surface area (Å²) in [4.78, 5) is 10.2. The van der Waals surface area contributed by atoms with Gasteiger partial charge >= 0.3 is 5.97 Å². The van der Waals surface area contributed by atoms with Crippen molar-refractivity contribution in [1.82, 2.24) is 0 Å². The summed E-state index contributed by atoms with van der Waals surface area (Å²) in [6.07, 6.45) is -0.197. The van der Waals surface area contributed by atoms with Crippen LogP contribution in [0.2, 0.25) is 5.02 Å². The number of carboxylic acids is 1. The molecule has 0 saturated heterocycles. The molecule has 1 rings (SSSR count). The molecule has 2 N–H and O–H groups in total. The molecule has 0 spiro atoms. The summed E-state index contributed by atoms with van der Waals surface area (Å²) in [5.41, 5.74) is 1.23. The molecule has 1 aromatic rings. The van der Waals surface area contributed by atoms with Crippen LogP contribution in [0.25, 0.3) is 0 Å². The van der Waals surface area contributed by atoms with Crippen LogP contribution in [0.3, 0.4) is 0 Å². The standard InChI is InChI=1S/C11H9ClO3/c12-10-5-4-8(6-9(10)7-13)2-1-3-11(14)15/h4-6,13H,3,7H2,(H,14,15). The molecule has 0 saturated carbocycles. The average Bonchev–Trinajstić information content (AvgIpc) is 2.20. The average molecular weight is 225 g/mol. The highest BCUT2D eigenvalue weighted by molar-refractivity contribution is 6.31. The third-order valence-corrected chi connectivity index (χ3v) is 2.06. The fourth-order valence-electron chi connectivity index (χ4n) is 0.996. The van der Waals surface area contributed by atoms with Crippen molar-refractivity contribution in [2.75, 3.05) is 0 Å². The molecule has 15 heavy (non-hydrogen) atoms. The van der Waals surface area contributed by atoms with Crippen LogP contribution in [0.4, 0.5) is 0 Å². The summed E-state index contributed by atoms with van der Waals surface area (Å²) in [7, 11) is 0. The molecule has 0 bridgehead atoms. The summed E-state index contributed by atoms with van der Waals surface area (Å²) >= 11 is 5.78. The summed E-state index contributed by atoms with van der Waals surface area (Å²) in [5.74, 6) is 4.22. The maximum absolute atomic E-state index is 10.2. The van der Waals surface area contributed by atoms with Crippen molar-refractivity contribution >= 4 is 17.6 Å². The normalized spacial score (nSPS) is 9.20. The summed E-state index contributed by atoms with van der Waals surface area (Å²) in [5, 5.41) is 17.8. The van der Waals surface area contributed by atoms with Gasteiger partial charge in [0.1, 0.15) is 6.42 Å². The third-order valence-electron chi connectivity index (χ3n) is 1.69. The first-order valence-electron chi connectivity index (χ1n) is 4.23. The summed E-state index contributed by atoms with van der Waals surface area (Å²) < 4.78 is 0. The topological polar surface area (TPSA) is 57.5 Å². The van der Waals surface area contributed by atoms with Crippen LogP contribution >= 0.6 is 11.6 Å². The molecule has 0 aliphatic rings. The van der Waals surface area contributed by atoms with E-state index in [2.05, 4.69) is 11.8 Å². The number of carbonyl (C=O) groups is 1. The summed E-state index contributed by atoms with van der Waals surface area (Å²) in [6, 6.07) is 4.94. The van der Waals surface area contributed by atoms with Gasteiger partial charge in [0.2, 0.25) is 0 Å². The molecule has 0 heterocycles. The van der Waals surface area contributed by atoms with Gasteiger partial charge in [0.15, 0.2) is 0 Å². The van der Waals surface area contributed by atoms with Gasteiger partial charge in [-0.3, -0.25) is 4.79 Å². The highest BCUT2D eigenvalue weighted by Gasteiger charge is 1.98. The van der Waals surface area contributed by atoms with Gasteiger partial charge in [-0.25, -0.2) is 0 Å². The van der Waals surface area contributed by atoms with Crippen LogP contribution in [0.15, 0.2) is 18.2 Å². The van der Waals surface area contributed by atoms with Gasteiger partial charge in [0.05, 0.1) is 6.61 Å². The minimum absolute atomic E-state index is 0.159. The van der Waals surface area contributed by atoms with Gasteiger partial charge in [0.25, 0.3) is 0 Å². The second kappa shape index (κ2) is 5.40. The quantitative estimate of drug-likeness (QED) is 0.752. The van der Waals surface area contributed by atoms with Crippen LogP contribution in [0.1, 0.15) is 17.5 Å². The number of aliphatic hydroxyl groups is 1. The molecule has 4 heteroatoms. The fraction of sp³-hybridized carbons (Fsp3) is 0.182. The lowest BCUT2D eigenvalue weighted by molar-refractivity contribution is -0.135. The Morgan fingerprint density at radius 3 is 2.80 bits per heavy atom. The number of rotatable bonds is 2. The van der Waals surface area contributed by atoms with Crippen molar-refractivity contribution in [2.45, 2.75) is 13.0 Å². The number of benzene rings is 1. The number of hydrogen-bond acceptors (Lipinski definition) is 2. The lowest BCUT2D eigenvalue weighted by Crippen LogP contribution is -1.90. The number of aliphatic carboxylic acids is 1. The lowest BCUT2D eigenvalue weighted by atomic mass is 10.1. The van der Waals surface area contributed by atoms with E-state index >= 15 is 0 Å². The number of hydrogen-bond donors (Lipinski definition) is 2. The van der Waals surface area contributed by atoms with E-state index < -0.39 is 5.97 Å². The Labute approximate surface area is 92.3 Å². The maximum Gasteiger partial charge on any atom is 0.315 e. The van der Waals surface area contributed by atoms with Gasteiger partial charge in [-0.05, 0) is 23.8 Å². The second-order valence-corrected chi connectivity index (χ2v) is 3.24. The maximum atomic E-state index is 10.2. The molecule has 0 aliphatic carbocycles. The van der Waals surface area contributed by atoms with E-state index in [1.165, 1.54) is 0 Å². The van der Waals surface area contributed by atoms with E-state index in [1.807, 2.05) is 0 Å². The first-order valence-corrected chi connectivity index (χ1v) is 4.61. The minimum Gasteiger partial charge on any atom is -0.481 e. The Morgan fingerprint density at radius 1 is 1.47 bits per heavy atom. The SMILES string of the molecule is O=C(O)CC#Cc1ccc(Cl)c(CO)c1. The second-order valence-electron chi connectivity index (χ2n) is 2.84. The van der Waals surface area contributed by atoms with Gasteiger partial charge in [0, 0.05) is 10.6 Å². The summed E-state index contributed by atoms with van der Waals surface area (Å²) in [6.45, 7) is -0.159. The molecule has 1 aromatic carbocycles. The molecule has 0 aromatic heterocycles. The van der Waals surface area contributed by atoms with E-state index in [9.17, 15) is 4.79 Å². The molecule has 3 nitrogen and oxygen atoms in total. The highest BCUT2D eigenvalue weighted by atomic mass is 35.5. The van der Waals surface area contributed by atoms with Gasteiger partial charge in [-0.1, -0.05) is 23.4 Å². The Bertz CT molecular complexity index is 429. The number of aliphatic hydroxyl groups excluding tert-OH is 1. The van der Waals surface area contributed by atoms with Crippen LogP contribution < -0.4 is 0 Å². The zero-order chi connectivity index (χ0) is 11.3. The van der Waals surface area contributed by atoms with Crippen molar-refractivity contribution < 1.29 is 15.0 Å². The Balaban J connectivity index is 2.85. The third kappa shape index (κ3) is 3.62. The molecule has 78 valence electrons. The zero-order valence-corrected chi connectivity index (χ0v) is 8.58. The number of halogens is 1. The lowest BCUT2D eigenvalue weighted by Gasteiger charge is -1.99. The molecule has 0 radical (unpaired) electrons. The van der Waals surface area contributed by atoms with E-state index in [0.717, 1.165) is 0 Å². The van der Waals surface area contributed by atoms with Crippen LogP contribution in [-0.2, 0) is 11.4 Å². The predicted molar refractivity (Wildman–Crippen MR) is 56.5 cm³/mol. The first kappa shape index (κ1) is 11.6. The van der Waals surface area contributed by atoms with Crippen molar-refractivity contribution in [3.05, 3.63) is 34.3 Å². The van der Waals surface area contributed by atoms with Crippen molar-refractivity contribution in [3.63, 3.8) is 0 Å². The molecular weight excluding hydrogens is 216 g/mol. The first-order chi connectivity index (χ1) is 7.13. The van der Waals surface area contributed by atoms with E-state index in [0.29, 0.717) is 16.1 Å². The molecular formula is C11H9ClO3. The van der Waals surface area contributed by atoms with Crippen LogP contribution in [-0.4, -0.2) is 16.2 Å². The van der Waals surface area contributed by atoms with Crippen molar-refractivity contribution in [2.24, 2.45) is 0 Å². The van der Waals surface area contributed by atoms with Crippen LogP contribution in [0.5, 0.6) is 0 Å². The van der Waals surface area contributed by atoms with E-state index in [4.69, 9.17) is 21.8 Å². The largest absolute Gasteiger partial charge is 0.481 e. The Morgan fingerprint density at radius 2 is 2.20 bits per heavy atom. The fourth-order valence-corrected chi connectivity index (χ4v) is 1.17. The smallest absolute Gasteiger partial charge is 0.315 e. The Hall–Kier alpha value is -1.50. The van der Waals surface area contributed by atoms with Gasteiger partial charge in [-0.15, -0.1) is 0 Å². The molecule has 0 aliphatic heterocycles. The molecule has 0 fully saturated rings. The van der Waals surface area contributed by atoms with Crippen LogP contribution in [0, 0.1) is 11.8 Å². The predicted octanol–water partition coefficient (Wildman–Crippen LogP) is 1.66. The minimum atomic E-state index is -0.959. The molecule has 0 atom stereocenters. The zero-order valence-electron chi connectivity index (χ0n) is 7.83. The van der Waals surface area contributed by atoms with Gasteiger partial charge in [-0.2, -0.15) is 0 Å². The van der Waals surface area contributed by atoms with Crippen molar-refractivity contribution in [1.29, 1.82) is 0 Å². The highest BCUT2D eigenvalue weighted by Crippen LogP contribution is 2.16. The van der Waals surface area contributed by atoms with E-state index in [-0.39, 0.29) is 13.0 Å². The number of carboxylic acid groups (broad SMARTS) is 1. The molecule has 0 amide bonds. The monoisotopic (exact) mass is 224 g/mol. The Kier molecular flexibility index (Phi) is 4.17. The van der Waals surface area contributed by atoms with Gasteiger partial charge < -0.3 is 10.2 Å².